The first-order chi connectivity index (χ1) is 15.5. The molecule has 32 heavy (non-hydrogen) atoms. The molecule has 0 aromatic heterocycles. The van der Waals surface area contributed by atoms with Gasteiger partial charge in [-0.25, -0.2) is 0 Å². The van der Waals surface area contributed by atoms with Crippen LogP contribution in [0, 0.1) is 5.92 Å². The highest BCUT2D eigenvalue weighted by molar-refractivity contribution is 5.95. The Balaban J connectivity index is 1.22. The minimum Gasteiger partial charge on any atom is -0.454 e. The number of carbonyl (C=O) groups excluding carboxylic acids is 3. The van der Waals surface area contributed by atoms with Crippen LogP contribution in [0.2, 0.25) is 0 Å². The van der Waals surface area contributed by atoms with Crippen molar-refractivity contribution in [3.63, 3.8) is 0 Å². The zero-order valence-electron chi connectivity index (χ0n) is 18.0. The smallest absolute Gasteiger partial charge is 0.251 e. The number of benzene rings is 2. The van der Waals surface area contributed by atoms with E-state index in [0.29, 0.717) is 48.7 Å². The molecule has 2 aromatic carbocycles. The van der Waals surface area contributed by atoms with E-state index in [1.54, 1.807) is 47.4 Å². The van der Waals surface area contributed by atoms with E-state index in [4.69, 9.17) is 9.47 Å². The Bertz CT molecular complexity index is 986. The molecule has 0 saturated carbocycles. The molecule has 0 spiro atoms. The average molecular weight is 437 g/mol. The van der Waals surface area contributed by atoms with Crippen molar-refractivity contribution >= 4 is 23.4 Å². The zero-order valence-corrected chi connectivity index (χ0v) is 18.0. The quantitative estimate of drug-likeness (QED) is 0.724. The van der Waals surface area contributed by atoms with Gasteiger partial charge >= 0.3 is 0 Å². The predicted molar refractivity (Wildman–Crippen MR) is 118 cm³/mol. The Morgan fingerprint density at radius 3 is 2.50 bits per heavy atom. The van der Waals surface area contributed by atoms with Crippen molar-refractivity contribution in [1.82, 2.24) is 10.2 Å². The van der Waals surface area contributed by atoms with Crippen LogP contribution in [-0.2, 0) is 9.59 Å². The van der Waals surface area contributed by atoms with Gasteiger partial charge < -0.3 is 25.0 Å². The molecule has 0 radical (unpaired) electrons. The van der Waals surface area contributed by atoms with Crippen LogP contribution in [-0.4, -0.2) is 48.5 Å². The van der Waals surface area contributed by atoms with Crippen molar-refractivity contribution in [2.24, 2.45) is 5.92 Å². The number of fused-ring (bicyclic) bond motifs is 1. The third-order valence-electron chi connectivity index (χ3n) is 5.75. The third-order valence-corrected chi connectivity index (χ3v) is 5.75. The third kappa shape index (κ3) is 5.19. The number of nitrogens with zero attached hydrogens (tertiary/aromatic N) is 1. The molecule has 8 heteroatoms. The average Bonchev–Trinajstić information content (AvgIpc) is 3.27. The van der Waals surface area contributed by atoms with Crippen molar-refractivity contribution in [2.45, 2.75) is 32.2 Å². The van der Waals surface area contributed by atoms with Crippen LogP contribution in [0.15, 0.2) is 48.5 Å². The van der Waals surface area contributed by atoms with E-state index in [-0.39, 0.29) is 42.9 Å². The second kappa shape index (κ2) is 9.72. The van der Waals surface area contributed by atoms with Gasteiger partial charge in [-0.2, -0.15) is 0 Å². The molecule has 2 aromatic rings. The van der Waals surface area contributed by atoms with Crippen molar-refractivity contribution in [3.05, 3.63) is 54.1 Å². The van der Waals surface area contributed by atoms with Crippen molar-refractivity contribution in [1.29, 1.82) is 0 Å². The van der Waals surface area contributed by atoms with E-state index in [1.807, 2.05) is 13.0 Å². The molecular weight excluding hydrogens is 410 g/mol. The number of rotatable bonds is 6. The summed E-state index contributed by atoms with van der Waals surface area (Å²) >= 11 is 0. The van der Waals surface area contributed by atoms with E-state index < -0.39 is 0 Å². The molecule has 4 rings (SSSR count). The first-order valence-electron chi connectivity index (χ1n) is 10.8. The maximum atomic E-state index is 12.7. The lowest BCUT2D eigenvalue weighted by Gasteiger charge is -2.32. The number of hydrogen-bond acceptors (Lipinski definition) is 5. The van der Waals surface area contributed by atoms with Crippen LogP contribution in [0.25, 0.3) is 0 Å². The van der Waals surface area contributed by atoms with E-state index in [2.05, 4.69) is 10.6 Å². The van der Waals surface area contributed by atoms with E-state index >= 15 is 0 Å². The number of piperidine rings is 1. The Hall–Kier alpha value is -3.55. The molecule has 2 N–H and O–H groups in total. The van der Waals surface area contributed by atoms with Crippen LogP contribution in [0.1, 0.15) is 36.5 Å². The van der Waals surface area contributed by atoms with Crippen molar-refractivity contribution in [3.8, 4) is 11.5 Å². The van der Waals surface area contributed by atoms with Crippen LogP contribution in [0.5, 0.6) is 11.5 Å². The summed E-state index contributed by atoms with van der Waals surface area (Å²) < 4.78 is 10.6. The van der Waals surface area contributed by atoms with E-state index in [0.717, 1.165) is 0 Å². The van der Waals surface area contributed by atoms with Gasteiger partial charge in [-0.3, -0.25) is 14.4 Å². The maximum Gasteiger partial charge on any atom is 0.251 e. The van der Waals surface area contributed by atoms with Gasteiger partial charge in [0, 0.05) is 48.8 Å². The summed E-state index contributed by atoms with van der Waals surface area (Å²) in [6.07, 6.45) is 1.44. The number of ether oxygens (including phenoxy) is 2. The molecule has 168 valence electrons. The van der Waals surface area contributed by atoms with Crippen LogP contribution in [0.3, 0.4) is 0 Å². The topological polar surface area (TPSA) is 97.0 Å². The van der Waals surface area contributed by atoms with Crippen LogP contribution >= 0.6 is 0 Å². The summed E-state index contributed by atoms with van der Waals surface area (Å²) in [5.41, 5.74) is 1.24. The highest BCUT2D eigenvalue weighted by Gasteiger charge is 2.28. The number of anilines is 1. The largest absolute Gasteiger partial charge is 0.454 e. The van der Waals surface area contributed by atoms with Gasteiger partial charge in [0.25, 0.3) is 5.91 Å². The van der Waals surface area contributed by atoms with Gasteiger partial charge in [-0.1, -0.05) is 18.2 Å². The number of nitrogens with one attached hydrogen (secondary N) is 2. The molecule has 2 heterocycles. The number of hydrogen-bond donors (Lipinski definition) is 2. The van der Waals surface area contributed by atoms with Gasteiger partial charge in [0.05, 0.1) is 0 Å². The number of amides is 3. The van der Waals surface area contributed by atoms with Gasteiger partial charge in [0.1, 0.15) is 0 Å². The molecule has 2 aliphatic heterocycles. The lowest BCUT2D eigenvalue weighted by Crippen LogP contribution is -2.44. The first-order valence-corrected chi connectivity index (χ1v) is 10.8. The highest BCUT2D eigenvalue weighted by Crippen LogP contribution is 2.34. The minimum atomic E-state index is -0.276. The van der Waals surface area contributed by atoms with Crippen molar-refractivity contribution < 1.29 is 23.9 Å². The SMILES string of the molecule is CC(CC(=O)N1CCC(C(=O)Nc2ccc3c(c2)OCO3)CC1)NC(=O)c1ccccc1. The summed E-state index contributed by atoms with van der Waals surface area (Å²) in [7, 11) is 0. The molecule has 3 amide bonds. The molecule has 1 atom stereocenters. The van der Waals surface area contributed by atoms with E-state index in [1.165, 1.54) is 0 Å². The second-order valence-corrected chi connectivity index (χ2v) is 8.16. The number of likely N-dealkylation sites (tertiary alicyclic amines) is 1. The van der Waals surface area contributed by atoms with Gasteiger partial charge in [-0.05, 0) is 44.0 Å². The maximum absolute atomic E-state index is 12.7. The van der Waals surface area contributed by atoms with Crippen LogP contribution in [0.4, 0.5) is 5.69 Å². The highest BCUT2D eigenvalue weighted by atomic mass is 16.7. The molecule has 0 aliphatic carbocycles. The molecule has 1 fully saturated rings. The molecule has 0 bridgehead atoms. The Kier molecular flexibility index (Phi) is 6.58. The molecule has 8 nitrogen and oxygen atoms in total. The number of carbonyl (C=O) groups is 3. The van der Waals surface area contributed by atoms with Gasteiger partial charge in [0.15, 0.2) is 11.5 Å². The van der Waals surface area contributed by atoms with Crippen molar-refractivity contribution in [2.75, 3.05) is 25.2 Å². The standard InChI is InChI=1S/C24H27N3O5/c1-16(25-23(29)17-5-3-2-4-6-17)13-22(28)27-11-9-18(10-12-27)24(30)26-19-7-8-20-21(14-19)32-15-31-20/h2-8,14,16,18H,9-13,15H2,1H3,(H,25,29)(H,26,30). The fourth-order valence-corrected chi connectivity index (χ4v) is 3.95. The fourth-order valence-electron chi connectivity index (χ4n) is 3.95. The molecule has 1 saturated heterocycles. The molecular formula is C24H27N3O5. The Morgan fingerprint density at radius 1 is 1.03 bits per heavy atom. The fraction of sp³-hybridized carbons (Fsp3) is 0.375. The van der Waals surface area contributed by atoms with Gasteiger partial charge in [0.2, 0.25) is 18.6 Å². The summed E-state index contributed by atoms with van der Waals surface area (Å²) in [6.45, 7) is 3.06. The summed E-state index contributed by atoms with van der Waals surface area (Å²) in [6, 6.07) is 14.0. The second-order valence-electron chi connectivity index (χ2n) is 8.16. The first kappa shape index (κ1) is 21.7. The minimum absolute atomic E-state index is 0.0134. The monoisotopic (exact) mass is 437 g/mol. The lowest BCUT2D eigenvalue weighted by atomic mass is 9.95. The molecule has 1 unspecified atom stereocenters. The Labute approximate surface area is 186 Å². The summed E-state index contributed by atoms with van der Waals surface area (Å²) in [5, 5.41) is 5.80. The predicted octanol–water partition coefficient (Wildman–Crippen LogP) is 2.80. The summed E-state index contributed by atoms with van der Waals surface area (Å²) in [4.78, 5) is 39.3. The molecule has 2 aliphatic rings. The van der Waals surface area contributed by atoms with Crippen LogP contribution < -0.4 is 20.1 Å². The lowest BCUT2D eigenvalue weighted by molar-refractivity contribution is -0.134. The van der Waals surface area contributed by atoms with Gasteiger partial charge in [-0.15, -0.1) is 0 Å². The summed E-state index contributed by atoms with van der Waals surface area (Å²) in [5.74, 6) is 0.880. The normalized spacial score (nSPS) is 16.3. The van der Waals surface area contributed by atoms with E-state index in [9.17, 15) is 14.4 Å². The Morgan fingerprint density at radius 2 is 1.75 bits per heavy atom. The zero-order chi connectivity index (χ0) is 22.5.